The molecule has 0 aliphatic heterocycles. The standard InChI is InChI=1S/C12H20N2.2ClH/c1-11-6-4-5-7-12(11)10-13-8-9-14(2)3;;/h4-7,13H,8-10H2,1-3H3;2*1H/p-2. The summed E-state index contributed by atoms with van der Waals surface area (Å²) >= 11 is 0. The third-order valence-electron chi connectivity index (χ3n) is 2.31. The van der Waals surface area contributed by atoms with Crippen LogP contribution in [0.25, 0.3) is 0 Å². The SMILES string of the molecule is Cc1ccccc1CNCCN(C)C.[Cl-].[Cl-]. The summed E-state index contributed by atoms with van der Waals surface area (Å²) < 4.78 is 0. The minimum atomic E-state index is 0. The van der Waals surface area contributed by atoms with Gasteiger partial charge in [0.2, 0.25) is 0 Å². The lowest BCUT2D eigenvalue weighted by Crippen LogP contribution is -3.00. The molecule has 0 fully saturated rings. The number of hydrogen-bond acceptors (Lipinski definition) is 2. The highest BCUT2D eigenvalue weighted by Crippen LogP contribution is 2.05. The fourth-order valence-electron chi connectivity index (χ4n) is 1.33. The van der Waals surface area contributed by atoms with Crippen molar-refractivity contribution in [3.8, 4) is 0 Å². The second-order valence-electron chi connectivity index (χ2n) is 3.91. The second kappa shape index (κ2) is 9.91. The zero-order chi connectivity index (χ0) is 10.4. The molecule has 0 amide bonds. The minimum absolute atomic E-state index is 0. The van der Waals surface area contributed by atoms with Gasteiger partial charge in [0.15, 0.2) is 0 Å². The summed E-state index contributed by atoms with van der Waals surface area (Å²) in [6.45, 7) is 5.26. The van der Waals surface area contributed by atoms with E-state index in [1.165, 1.54) is 11.1 Å². The third-order valence-corrected chi connectivity index (χ3v) is 2.31. The molecule has 0 saturated carbocycles. The summed E-state index contributed by atoms with van der Waals surface area (Å²) in [5.41, 5.74) is 2.76. The number of benzene rings is 1. The van der Waals surface area contributed by atoms with Crippen LogP contribution in [0.5, 0.6) is 0 Å². The summed E-state index contributed by atoms with van der Waals surface area (Å²) in [7, 11) is 4.19. The fourth-order valence-corrected chi connectivity index (χ4v) is 1.33. The Morgan fingerprint density at radius 3 is 2.31 bits per heavy atom. The first-order valence-electron chi connectivity index (χ1n) is 5.10. The van der Waals surface area contributed by atoms with E-state index in [0.29, 0.717) is 0 Å². The molecule has 0 atom stereocenters. The Morgan fingerprint density at radius 1 is 1.12 bits per heavy atom. The molecule has 0 aliphatic carbocycles. The Balaban J connectivity index is 0. The van der Waals surface area contributed by atoms with E-state index in [1.807, 2.05) is 0 Å². The summed E-state index contributed by atoms with van der Waals surface area (Å²) in [6, 6.07) is 8.51. The highest BCUT2D eigenvalue weighted by Gasteiger charge is 1.95. The van der Waals surface area contributed by atoms with Gasteiger partial charge >= 0.3 is 0 Å². The first-order valence-corrected chi connectivity index (χ1v) is 5.10. The zero-order valence-corrected chi connectivity index (χ0v) is 11.6. The summed E-state index contributed by atoms with van der Waals surface area (Å²) in [5.74, 6) is 0. The van der Waals surface area contributed by atoms with E-state index in [2.05, 4.69) is 55.5 Å². The van der Waals surface area contributed by atoms with Gasteiger partial charge in [-0.05, 0) is 32.1 Å². The molecular weight excluding hydrogens is 243 g/mol. The molecule has 4 heteroatoms. The maximum Gasteiger partial charge on any atom is 0.0208 e. The molecule has 0 spiro atoms. The van der Waals surface area contributed by atoms with E-state index in [-0.39, 0.29) is 24.8 Å². The van der Waals surface area contributed by atoms with E-state index in [9.17, 15) is 0 Å². The van der Waals surface area contributed by atoms with Crippen LogP contribution in [0.4, 0.5) is 0 Å². The van der Waals surface area contributed by atoms with Gasteiger partial charge in [-0.2, -0.15) is 0 Å². The maximum absolute atomic E-state index is 3.43. The van der Waals surface area contributed by atoms with Crippen molar-refractivity contribution in [1.82, 2.24) is 10.2 Å². The summed E-state index contributed by atoms with van der Waals surface area (Å²) in [6.07, 6.45) is 0. The van der Waals surface area contributed by atoms with Crippen molar-refractivity contribution in [2.45, 2.75) is 13.5 Å². The van der Waals surface area contributed by atoms with Crippen LogP contribution in [0.15, 0.2) is 24.3 Å². The lowest BCUT2D eigenvalue weighted by molar-refractivity contribution is -0.001000. The number of halogens is 2. The van der Waals surface area contributed by atoms with Gasteiger partial charge in [0.05, 0.1) is 0 Å². The van der Waals surface area contributed by atoms with E-state index in [4.69, 9.17) is 0 Å². The molecule has 0 aromatic heterocycles. The molecule has 16 heavy (non-hydrogen) atoms. The van der Waals surface area contributed by atoms with Crippen LogP contribution < -0.4 is 30.1 Å². The van der Waals surface area contributed by atoms with Gasteiger partial charge in [-0.15, -0.1) is 0 Å². The Labute approximate surface area is 111 Å². The molecule has 0 bridgehead atoms. The number of hydrogen-bond donors (Lipinski definition) is 1. The monoisotopic (exact) mass is 262 g/mol. The average Bonchev–Trinajstić information content (AvgIpc) is 2.15. The molecule has 1 aromatic carbocycles. The van der Waals surface area contributed by atoms with Crippen molar-refractivity contribution in [2.24, 2.45) is 0 Å². The molecular formula is C12H20Cl2N2-2. The molecule has 0 radical (unpaired) electrons. The predicted octanol–water partition coefficient (Wildman–Crippen LogP) is -4.35. The average molecular weight is 263 g/mol. The fraction of sp³-hybridized carbons (Fsp3) is 0.500. The molecule has 94 valence electrons. The van der Waals surface area contributed by atoms with Crippen molar-refractivity contribution in [3.05, 3.63) is 35.4 Å². The molecule has 0 saturated heterocycles. The van der Waals surface area contributed by atoms with Crippen LogP contribution in [0.1, 0.15) is 11.1 Å². The van der Waals surface area contributed by atoms with E-state index < -0.39 is 0 Å². The molecule has 2 nitrogen and oxygen atoms in total. The molecule has 0 unspecified atom stereocenters. The van der Waals surface area contributed by atoms with Crippen LogP contribution in [0.2, 0.25) is 0 Å². The van der Waals surface area contributed by atoms with Crippen molar-refractivity contribution < 1.29 is 24.8 Å². The molecule has 1 aromatic rings. The Morgan fingerprint density at radius 2 is 1.75 bits per heavy atom. The largest absolute Gasteiger partial charge is 1.00 e. The molecule has 1 rings (SSSR count). The number of nitrogens with one attached hydrogen (secondary N) is 1. The zero-order valence-electron chi connectivity index (χ0n) is 10.1. The van der Waals surface area contributed by atoms with Gasteiger partial charge in [0.25, 0.3) is 0 Å². The lowest BCUT2D eigenvalue weighted by Gasteiger charge is -2.11. The van der Waals surface area contributed by atoms with Gasteiger partial charge < -0.3 is 35.0 Å². The third kappa shape index (κ3) is 7.07. The topological polar surface area (TPSA) is 15.3 Å². The highest BCUT2D eigenvalue weighted by molar-refractivity contribution is 5.25. The van der Waals surface area contributed by atoms with Crippen LogP contribution in [0.3, 0.4) is 0 Å². The van der Waals surface area contributed by atoms with Gasteiger partial charge in [-0.25, -0.2) is 0 Å². The van der Waals surface area contributed by atoms with Gasteiger partial charge in [-0.1, -0.05) is 24.3 Å². The number of rotatable bonds is 5. The van der Waals surface area contributed by atoms with Crippen molar-refractivity contribution in [3.63, 3.8) is 0 Å². The number of nitrogens with zero attached hydrogens (tertiary/aromatic N) is 1. The van der Waals surface area contributed by atoms with E-state index >= 15 is 0 Å². The van der Waals surface area contributed by atoms with Gasteiger partial charge in [0, 0.05) is 19.6 Å². The number of aryl methyl sites for hydroxylation is 1. The smallest absolute Gasteiger partial charge is 0.0208 e. The van der Waals surface area contributed by atoms with Crippen molar-refractivity contribution >= 4 is 0 Å². The Kier molecular flexibility index (Phi) is 11.2. The maximum atomic E-state index is 3.43. The van der Waals surface area contributed by atoms with Crippen LogP contribution in [-0.4, -0.2) is 32.1 Å². The van der Waals surface area contributed by atoms with Crippen LogP contribution >= 0.6 is 0 Å². The first-order chi connectivity index (χ1) is 6.70. The minimum Gasteiger partial charge on any atom is -1.00 e. The summed E-state index contributed by atoms with van der Waals surface area (Å²) in [4.78, 5) is 2.19. The highest BCUT2D eigenvalue weighted by atomic mass is 35.5. The quantitative estimate of drug-likeness (QED) is 0.540. The summed E-state index contributed by atoms with van der Waals surface area (Å²) in [5, 5.41) is 3.43. The van der Waals surface area contributed by atoms with Crippen molar-refractivity contribution in [1.29, 1.82) is 0 Å². The molecule has 0 aliphatic rings. The molecule has 1 N–H and O–H groups in total. The second-order valence-corrected chi connectivity index (χ2v) is 3.91. The van der Waals surface area contributed by atoms with Crippen LogP contribution in [0, 0.1) is 6.92 Å². The molecule has 0 heterocycles. The lowest BCUT2D eigenvalue weighted by atomic mass is 10.1. The number of likely N-dealkylation sites (N-methyl/N-ethyl adjacent to an activating group) is 1. The predicted molar refractivity (Wildman–Crippen MR) is 61.4 cm³/mol. The first kappa shape index (κ1) is 18.1. The Hall–Kier alpha value is -0.280. The van der Waals surface area contributed by atoms with Crippen molar-refractivity contribution in [2.75, 3.05) is 27.2 Å². The normalized spacial score (nSPS) is 9.50. The van der Waals surface area contributed by atoms with Gasteiger partial charge in [0.1, 0.15) is 0 Å². The Bertz CT molecular complexity index is 277. The van der Waals surface area contributed by atoms with Gasteiger partial charge in [-0.3, -0.25) is 0 Å². The van der Waals surface area contributed by atoms with E-state index in [0.717, 1.165) is 19.6 Å². The van der Waals surface area contributed by atoms with Crippen LogP contribution in [-0.2, 0) is 6.54 Å². The van der Waals surface area contributed by atoms with E-state index in [1.54, 1.807) is 0 Å².